The summed E-state index contributed by atoms with van der Waals surface area (Å²) < 4.78 is 1.73. The molecule has 0 fully saturated rings. The van der Waals surface area contributed by atoms with E-state index >= 15 is 0 Å². The molecule has 58 valence electrons. The van der Waals surface area contributed by atoms with Crippen LogP contribution in [0.15, 0.2) is 18.0 Å². The number of hydrogen-bond donors (Lipinski definition) is 0. The molecular formula is C8H6N4. The molecule has 0 spiro atoms. The monoisotopic (exact) mass is 158 g/mol. The van der Waals surface area contributed by atoms with E-state index in [0.29, 0.717) is 5.82 Å². The standard InChI is InChI=1S/C8H6N4/c1-12-3-2-11-8(12)4-7(5-9)6-10/h2-4H,1H3. The van der Waals surface area contributed by atoms with Gasteiger partial charge in [0.15, 0.2) is 0 Å². The molecule has 0 saturated heterocycles. The van der Waals surface area contributed by atoms with Gasteiger partial charge in [-0.05, 0) is 0 Å². The first kappa shape index (κ1) is 8.03. The van der Waals surface area contributed by atoms with Crippen LogP contribution in [0.25, 0.3) is 6.08 Å². The Kier molecular flexibility index (Phi) is 2.25. The second kappa shape index (κ2) is 3.36. The maximum atomic E-state index is 8.44. The minimum atomic E-state index is 0.0595. The number of nitriles is 2. The molecule has 0 N–H and O–H groups in total. The second-order valence-electron chi connectivity index (χ2n) is 2.18. The van der Waals surface area contributed by atoms with Crippen LogP contribution >= 0.6 is 0 Å². The molecule has 1 rings (SSSR count). The van der Waals surface area contributed by atoms with Crippen molar-refractivity contribution in [2.45, 2.75) is 0 Å². The van der Waals surface area contributed by atoms with E-state index in [1.165, 1.54) is 6.08 Å². The van der Waals surface area contributed by atoms with Gasteiger partial charge in [0.2, 0.25) is 0 Å². The van der Waals surface area contributed by atoms with Crippen LogP contribution in [-0.4, -0.2) is 9.55 Å². The Morgan fingerprint density at radius 3 is 2.67 bits per heavy atom. The molecule has 1 aromatic rings. The third kappa shape index (κ3) is 1.50. The summed E-state index contributed by atoms with van der Waals surface area (Å²) in [6.07, 6.45) is 4.80. The van der Waals surface area contributed by atoms with E-state index in [-0.39, 0.29) is 5.57 Å². The van der Waals surface area contributed by atoms with Crippen LogP contribution in [0.5, 0.6) is 0 Å². The SMILES string of the molecule is Cn1ccnc1C=C(C#N)C#N. The molecule has 1 heterocycles. The number of nitrogens with zero attached hydrogens (tertiary/aromatic N) is 4. The van der Waals surface area contributed by atoms with E-state index in [2.05, 4.69) is 4.98 Å². The molecule has 0 aliphatic heterocycles. The van der Waals surface area contributed by atoms with Gasteiger partial charge in [0.1, 0.15) is 23.5 Å². The Labute approximate surface area is 70.0 Å². The topological polar surface area (TPSA) is 65.4 Å². The molecule has 4 nitrogen and oxygen atoms in total. The zero-order valence-corrected chi connectivity index (χ0v) is 6.52. The number of imidazole rings is 1. The molecule has 0 unspecified atom stereocenters. The van der Waals surface area contributed by atoms with Gasteiger partial charge in [0, 0.05) is 25.5 Å². The summed E-state index contributed by atoms with van der Waals surface area (Å²) in [4.78, 5) is 3.94. The van der Waals surface area contributed by atoms with Crippen molar-refractivity contribution in [3.8, 4) is 12.1 Å². The predicted molar refractivity (Wildman–Crippen MR) is 42.4 cm³/mol. The Morgan fingerprint density at radius 2 is 2.25 bits per heavy atom. The van der Waals surface area contributed by atoms with Gasteiger partial charge in [-0.15, -0.1) is 0 Å². The molecular weight excluding hydrogens is 152 g/mol. The number of rotatable bonds is 1. The third-order valence-electron chi connectivity index (χ3n) is 1.37. The van der Waals surface area contributed by atoms with E-state index in [4.69, 9.17) is 10.5 Å². The molecule has 12 heavy (non-hydrogen) atoms. The number of aromatic nitrogens is 2. The van der Waals surface area contributed by atoms with Crippen molar-refractivity contribution < 1.29 is 0 Å². The van der Waals surface area contributed by atoms with Gasteiger partial charge >= 0.3 is 0 Å². The molecule has 0 saturated carbocycles. The molecule has 0 aromatic carbocycles. The van der Waals surface area contributed by atoms with E-state index in [1.54, 1.807) is 36.1 Å². The molecule has 0 aliphatic carbocycles. The molecule has 0 aliphatic rings. The lowest BCUT2D eigenvalue weighted by Crippen LogP contribution is -1.90. The summed E-state index contributed by atoms with van der Waals surface area (Å²) in [5.41, 5.74) is 0.0595. The number of allylic oxidation sites excluding steroid dienone is 1. The Balaban J connectivity index is 3.05. The molecule has 0 radical (unpaired) electrons. The van der Waals surface area contributed by atoms with Crippen molar-refractivity contribution in [1.82, 2.24) is 9.55 Å². The van der Waals surface area contributed by atoms with Gasteiger partial charge in [0.25, 0.3) is 0 Å². The summed E-state index contributed by atoms with van der Waals surface area (Å²) in [5, 5.41) is 16.9. The molecule has 1 aromatic heterocycles. The highest BCUT2D eigenvalue weighted by Gasteiger charge is 1.97. The number of hydrogen-bond acceptors (Lipinski definition) is 3. The largest absolute Gasteiger partial charge is 0.335 e. The molecule has 0 amide bonds. The van der Waals surface area contributed by atoms with E-state index in [1.807, 2.05) is 0 Å². The van der Waals surface area contributed by atoms with E-state index < -0.39 is 0 Å². The lowest BCUT2D eigenvalue weighted by Gasteiger charge is -1.91. The first-order valence-electron chi connectivity index (χ1n) is 3.27. The van der Waals surface area contributed by atoms with Crippen LogP contribution in [0, 0.1) is 22.7 Å². The minimum absolute atomic E-state index is 0.0595. The molecule has 0 bridgehead atoms. The van der Waals surface area contributed by atoms with Crippen molar-refractivity contribution >= 4 is 6.08 Å². The van der Waals surface area contributed by atoms with Gasteiger partial charge < -0.3 is 4.57 Å². The van der Waals surface area contributed by atoms with Crippen molar-refractivity contribution in [2.75, 3.05) is 0 Å². The maximum absolute atomic E-state index is 8.44. The Hall–Kier alpha value is -2.07. The average molecular weight is 158 g/mol. The van der Waals surface area contributed by atoms with Crippen molar-refractivity contribution in [3.05, 3.63) is 23.8 Å². The predicted octanol–water partition coefficient (Wildman–Crippen LogP) is 0.851. The highest BCUT2D eigenvalue weighted by molar-refractivity contribution is 5.57. The highest BCUT2D eigenvalue weighted by Crippen LogP contribution is 2.01. The van der Waals surface area contributed by atoms with Crippen molar-refractivity contribution in [1.29, 1.82) is 10.5 Å². The maximum Gasteiger partial charge on any atom is 0.134 e. The molecule has 0 atom stereocenters. The van der Waals surface area contributed by atoms with Crippen LogP contribution in [0.4, 0.5) is 0 Å². The smallest absolute Gasteiger partial charge is 0.134 e. The van der Waals surface area contributed by atoms with Crippen LogP contribution in [0.1, 0.15) is 5.82 Å². The van der Waals surface area contributed by atoms with Crippen LogP contribution < -0.4 is 0 Å². The average Bonchev–Trinajstić information content (AvgIpc) is 2.47. The summed E-state index contributed by atoms with van der Waals surface area (Å²) in [6, 6.07) is 3.53. The Bertz CT molecular complexity index is 370. The van der Waals surface area contributed by atoms with Gasteiger partial charge in [0.05, 0.1) is 0 Å². The fraction of sp³-hybridized carbons (Fsp3) is 0.125. The minimum Gasteiger partial charge on any atom is -0.335 e. The summed E-state index contributed by atoms with van der Waals surface area (Å²) in [7, 11) is 1.80. The van der Waals surface area contributed by atoms with E-state index in [9.17, 15) is 0 Å². The third-order valence-corrected chi connectivity index (χ3v) is 1.37. The van der Waals surface area contributed by atoms with Crippen LogP contribution in [0.2, 0.25) is 0 Å². The van der Waals surface area contributed by atoms with Crippen LogP contribution in [-0.2, 0) is 7.05 Å². The van der Waals surface area contributed by atoms with Crippen LogP contribution in [0.3, 0.4) is 0 Å². The zero-order chi connectivity index (χ0) is 8.97. The summed E-state index contributed by atoms with van der Waals surface area (Å²) in [5.74, 6) is 0.605. The summed E-state index contributed by atoms with van der Waals surface area (Å²) >= 11 is 0. The number of aryl methyl sites for hydroxylation is 1. The van der Waals surface area contributed by atoms with Crippen molar-refractivity contribution in [3.63, 3.8) is 0 Å². The van der Waals surface area contributed by atoms with Gasteiger partial charge in [-0.25, -0.2) is 4.98 Å². The van der Waals surface area contributed by atoms with E-state index in [0.717, 1.165) is 0 Å². The quantitative estimate of drug-likeness (QED) is 0.569. The van der Waals surface area contributed by atoms with Crippen molar-refractivity contribution in [2.24, 2.45) is 7.05 Å². The second-order valence-corrected chi connectivity index (χ2v) is 2.18. The molecule has 4 heteroatoms. The lowest BCUT2D eigenvalue weighted by atomic mass is 10.3. The first-order chi connectivity index (χ1) is 5.77. The first-order valence-corrected chi connectivity index (χ1v) is 3.27. The summed E-state index contributed by atoms with van der Waals surface area (Å²) in [6.45, 7) is 0. The van der Waals surface area contributed by atoms with Gasteiger partial charge in [-0.3, -0.25) is 0 Å². The van der Waals surface area contributed by atoms with Gasteiger partial charge in [-0.1, -0.05) is 0 Å². The lowest BCUT2D eigenvalue weighted by molar-refractivity contribution is 0.897. The zero-order valence-electron chi connectivity index (χ0n) is 6.52. The highest BCUT2D eigenvalue weighted by atomic mass is 15.0. The van der Waals surface area contributed by atoms with Gasteiger partial charge in [-0.2, -0.15) is 10.5 Å². The fourth-order valence-electron chi connectivity index (χ4n) is 0.735. The normalized spacial score (nSPS) is 8.25. The Morgan fingerprint density at radius 1 is 1.58 bits per heavy atom. The fourth-order valence-corrected chi connectivity index (χ4v) is 0.735.